The Labute approximate surface area is 102 Å². The van der Waals surface area contributed by atoms with E-state index in [0.717, 1.165) is 31.4 Å². The number of benzene rings is 1. The summed E-state index contributed by atoms with van der Waals surface area (Å²) >= 11 is 1.88. The Balaban J connectivity index is 1.80. The molecule has 0 aliphatic heterocycles. The number of Topliss-reactive ketones (excluding diaryl/α,β-unsaturated/α-hetero) is 1. The molecule has 1 saturated carbocycles. The van der Waals surface area contributed by atoms with Gasteiger partial charge in [-0.15, -0.1) is 11.8 Å². The van der Waals surface area contributed by atoms with Crippen LogP contribution < -0.4 is 0 Å². The highest BCUT2D eigenvalue weighted by molar-refractivity contribution is 7.99. The second-order valence-corrected chi connectivity index (χ2v) is 5.59. The van der Waals surface area contributed by atoms with Crippen LogP contribution in [-0.2, 0) is 4.79 Å². The van der Waals surface area contributed by atoms with Crippen LogP contribution >= 0.6 is 11.8 Å². The van der Waals surface area contributed by atoms with Crippen molar-refractivity contribution >= 4 is 17.5 Å². The zero-order valence-corrected chi connectivity index (χ0v) is 10.6. The average Bonchev–Trinajstić information content (AvgIpc) is 2.67. The van der Waals surface area contributed by atoms with Crippen molar-refractivity contribution in [2.45, 2.75) is 37.5 Å². The van der Waals surface area contributed by atoms with E-state index in [2.05, 4.69) is 31.2 Å². The summed E-state index contributed by atoms with van der Waals surface area (Å²) < 4.78 is 0. The Kier molecular flexibility index (Phi) is 4.05. The predicted octanol–water partition coefficient (Wildman–Crippen LogP) is 3.85. The molecule has 0 heterocycles. The second kappa shape index (κ2) is 5.53. The number of ketones is 1. The Morgan fingerprint density at radius 2 is 2.19 bits per heavy atom. The van der Waals surface area contributed by atoms with E-state index >= 15 is 0 Å². The first kappa shape index (κ1) is 11.7. The molecule has 1 aliphatic rings. The van der Waals surface area contributed by atoms with E-state index in [1.165, 1.54) is 10.5 Å². The van der Waals surface area contributed by atoms with E-state index in [-0.39, 0.29) is 0 Å². The molecule has 0 saturated heterocycles. The van der Waals surface area contributed by atoms with E-state index < -0.39 is 0 Å². The summed E-state index contributed by atoms with van der Waals surface area (Å²) in [6.45, 7) is 2.14. The Bertz CT molecular complexity index is 373. The molecule has 1 fully saturated rings. The molecule has 0 N–H and O–H groups in total. The average molecular weight is 234 g/mol. The summed E-state index contributed by atoms with van der Waals surface area (Å²) in [5.41, 5.74) is 1.34. The van der Waals surface area contributed by atoms with Gasteiger partial charge in [-0.2, -0.15) is 0 Å². The number of thioether (sulfide) groups is 1. The van der Waals surface area contributed by atoms with Crippen molar-refractivity contribution in [1.29, 1.82) is 0 Å². The third-order valence-electron chi connectivity index (χ3n) is 3.25. The van der Waals surface area contributed by atoms with Crippen LogP contribution in [0.25, 0.3) is 0 Å². The Morgan fingerprint density at radius 3 is 2.88 bits per heavy atom. The second-order valence-electron chi connectivity index (χ2n) is 4.46. The lowest BCUT2D eigenvalue weighted by molar-refractivity contribution is -0.120. The zero-order valence-electron chi connectivity index (χ0n) is 9.74. The van der Waals surface area contributed by atoms with Gasteiger partial charge in [0.15, 0.2) is 0 Å². The maximum atomic E-state index is 11.5. The first-order valence-electron chi connectivity index (χ1n) is 5.98. The number of hydrogen-bond donors (Lipinski definition) is 0. The molecule has 1 nitrogen and oxygen atoms in total. The number of hydrogen-bond acceptors (Lipinski definition) is 2. The van der Waals surface area contributed by atoms with Gasteiger partial charge in [0.1, 0.15) is 5.78 Å². The summed E-state index contributed by atoms with van der Waals surface area (Å²) in [6, 6.07) is 8.45. The molecule has 0 aromatic heterocycles. The highest BCUT2D eigenvalue weighted by Crippen LogP contribution is 2.28. The fraction of sp³-hybridized carbons (Fsp3) is 0.500. The minimum atomic E-state index is 0.358. The monoisotopic (exact) mass is 234 g/mol. The smallest absolute Gasteiger partial charge is 0.136 e. The molecule has 0 amide bonds. The van der Waals surface area contributed by atoms with Gasteiger partial charge in [0.25, 0.3) is 0 Å². The molecule has 1 aliphatic carbocycles. The summed E-state index contributed by atoms with van der Waals surface area (Å²) in [7, 11) is 0. The number of aryl methyl sites for hydroxylation is 1. The molecule has 0 radical (unpaired) electrons. The van der Waals surface area contributed by atoms with Crippen molar-refractivity contribution < 1.29 is 4.79 Å². The molecule has 2 rings (SSSR count). The van der Waals surface area contributed by atoms with Crippen LogP contribution in [0, 0.1) is 12.8 Å². The number of rotatable bonds is 4. The fourth-order valence-electron chi connectivity index (χ4n) is 2.22. The van der Waals surface area contributed by atoms with Crippen molar-refractivity contribution in [1.82, 2.24) is 0 Å². The van der Waals surface area contributed by atoms with E-state index in [9.17, 15) is 4.79 Å². The maximum absolute atomic E-state index is 11.5. The van der Waals surface area contributed by atoms with Gasteiger partial charge < -0.3 is 0 Å². The van der Waals surface area contributed by atoms with Gasteiger partial charge in [-0.05, 0) is 43.6 Å². The van der Waals surface area contributed by atoms with Gasteiger partial charge in [-0.3, -0.25) is 4.79 Å². The molecule has 1 unspecified atom stereocenters. The normalized spacial score (nSPS) is 20.3. The molecule has 2 heteroatoms. The maximum Gasteiger partial charge on any atom is 0.136 e. The third-order valence-corrected chi connectivity index (χ3v) is 4.46. The summed E-state index contributed by atoms with van der Waals surface area (Å²) in [4.78, 5) is 12.8. The van der Waals surface area contributed by atoms with Crippen LogP contribution in [0.15, 0.2) is 29.2 Å². The van der Waals surface area contributed by atoms with Crippen LogP contribution in [-0.4, -0.2) is 11.5 Å². The molecule has 1 aromatic carbocycles. The van der Waals surface area contributed by atoms with E-state index in [1.807, 2.05) is 11.8 Å². The van der Waals surface area contributed by atoms with Crippen LogP contribution in [0.2, 0.25) is 0 Å². The fourth-order valence-corrected chi connectivity index (χ4v) is 3.32. The summed E-state index contributed by atoms with van der Waals surface area (Å²) in [5.74, 6) is 1.92. The highest BCUT2D eigenvalue weighted by Gasteiger charge is 2.23. The Morgan fingerprint density at radius 1 is 1.38 bits per heavy atom. The van der Waals surface area contributed by atoms with Crippen molar-refractivity contribution in [2.75, 3.05) is 5.75 Å². The molecule has 16 heavy (non-hydrogen) atoms. The van der Waals surface area contributed by atoms with E-state index in [1.54, 1.807) is 0 Å². The van der Waals surface area contributed by atoms with Crippen molar-refractivity contribution in [2.24, 2.45) is 5.92 Å². The molecule has 1 atom stereocenters. The van der Waals surface area contributed by atoms with Gasteiger partial charge >= 0.3 is 0 Å². The van der Waals surface area contributed by atoms with E-state index in [0.29, 0.717) is 11.7 Å². The lowest BCUT2D eigenvalue weighted by Crippen LogP contribution is -2.06. The summed E-state index contributed by atoms with van der Waals surface area (Å²) in [5, 5.41) is 0. The van der Waals surface area contributed by atoms with Crippen molar-refractivity contribution in [3.8, 4) is 0 Å². The first-order chi connectivity index (χ1) is 7.77. The van der Waals surface area contributed by atoms with Crippen LogP contribution in [0.4, 0.5) is 0 Å². The lowest BCUT2D eigenvalue weighted by Gasteiger charge is -2.08. The van der Waals surface area contributed by atoms with Gasteiger partial charge in [0, 0.05) is 17.2 Å². The zero-order chi connectivity index (χ0) is 11.4. The molecular weight excluding hydrogens is 216 g/mol. The molecule has 0 spiro atoms. The number of carbonyl (C=O) groups is 1. The van der Waals surface area contributed by atoms with Gasteiger partial charge in [0.2, 0.25) is 0 Å². The molecular formula is C14H18OS. The quantitative estimate of drug-likeness (QED) is 0.736. The van der Waals surface area contributed by atoms with Crippen LogP contribution in [0.5, 0.6) is 0 Å². The largest absolute Gasteiger partial charge is 0.299 e. The number of carbonyl (C=O) groups excluding carboxylic acids is 1. The summed E-state index contributed by atoms with van der Waals surface area (Å²) in [6.07, 6.45) is 4.10. The molecule has 0 bridgehead atoms. The topological polar surface area (TPSA) is 17.1 Å². The van der Waals surface area contributed by atoms with Gasteiger partial charge in [-0.25, -0.2) is 0 Å². The van der Waals surface area contributed by atoms with Crippen molar-refractivity contribution in [3.05, 3.63) is 29.8 Å². The molecule has 86 valence electrons. The highest BCUT2D eigenvalue weighted by atomic mass is 32.2. The third kappa shape index (κ3) is 2.88. The van der Waals surface area contributed by atoms with Crippen molar-refractivity contribution in [3.63, 3.8) is 0 Å². The minimum absolute atomic E-state index is 0.358. The minimum Gasteiger partial charge on any atom is -0.299 e. The van der Waals surface area contributed by atoms with Gasteiger partial charge in [0.05, 0.1) is 0 Å². The van der Waals surface area contributed by atoms with Crippen LogP contribution in [0.3, 0.4) is 0 Å². The first-order valence-corrected chi connectivity index (χ1v) is 6.97. The van der Waals surface area contributed by atoms with E-state index in [4.69, 9.17) is 0 Å². The predicted molar refractivity (Wildman–Crippen MR) is 68.9 cm³/mol. The standard InChI is InChI=1S/C14H18OS/c1-11-5-2-3-8-14(11)16-10-9-12-6-4-7-13(12)15/h2-3,5,8,12H,4,6-7,9-10H2,1H3. The SMILES string of the molecule is Cc1ccccc1SCCC1CCCC1=O. The lowest BCUT2D eigenvalue weighted by atomic mass is 10.1. The molecule has 1 aromatic rings. The Hall–Kier alpha value is -0.760. The van der Waals surface area contributed by atoms with Gasteiger partial charge in [-0.1, -0.05) is 18.2 Å². The van der Waals surface area contributed by atoms with Crippen LogP contribution in [0.1, 0.15) is 31.2 Å².